The van der Waals surface area contributed by atoms with Crippen LogP contribution in [0.15, 0.2) is 42.5 Å². The molecule has 6 heteroatoms. The molecule has 136 valence electrons. The average Bonchev–Trinajstić information content (AvgIpc) is 2.66. The zero-order valence-corrected chi connectivity index (χ0v) is 14.7. The molecule has 6 nitrogen and oxygen atoms in total. The van der Waals surface area contributed by atoms with Crippen LogP contribution >= 0.6 is 0 Å². The van der Waals surface area contributed by atoms with E-state index in [2.05, 4.69) is 23.5 Å². The highest BCUT2D eigenvalue weighted by Crippen LogP contribution is 2.26. The second-order valence-corrected chi connectivity index (χ2v) is 6.54. The highest BCUT2D eigenvalue weighted by molar-refractivity contribution is 5.78. The molecule has 1 aliphatic rings. The van der Waals surface area contributed by atoms with Gasteiger partial charge in [0.2, 0.25) is 0 Å². The van der Waals surface area contributed by atoms with Crippen molar-refractivity contribution in [2.45, 2.75) is 38.6 Å². The second-order valence-electron chi connectivity index (χ2n) is 6.54. The molecule has 1 aliphatic carbocycles. The summed E-state index contributed by atoms with van der Waals surface area (Å²) in [5, 5.41) is 13.9. The number of rotatable bonds is 6. The molecule has 3 rings (SSSR count). The first kappa shape index (κ1) is 17.9. The van der Waals surface area contributed by atoms with Gasteiger partial charge in [0.05, 0.1) is 11.0 Å². The van der Waals surface area contributed by atoms with Crippen molar-refractivity contribution in [3.63, 3.8) is 0 Å². The van der Waals surface area contributed by atoms with Crippen LogP contribution in [0, 0.1) is 10.1 Å². The molecule has 1 atom stereocenters. The van der Waals surface area contributed by atoms with Gasteiger partial charge in [-0.05, 0) is 55.4 Å². The Balaban J connectivity index is 1.59. The van der Waals surface area contributed by atoms with Gasteiger partial charge >= 0.3 is 5.69 Å². The van der Waals surface area contributed by atoms with E-state index in [1.807, 2.05) is 6.92 Å². The van der Waals surface area contributed by atoms with Crippen LogP contribution < -0.4 is 10.1 Å². The SMILES string of the molecule is CC(NC(=O)COc1ccccc1[N+](=O)[O-])c1ccc2c(c1)CCCC2. The number of aryl methyl sites for hydroxylation is 2. The minimum Gasteiger partial charge on any atom is -0.477 e. The van der Waals surface area contributed by atoms with Crippen LogP contribution in [-0.2, 0) is 17.6 Å². The van der Waals surface area contributed by atoms with Crippen LogP contribution in [0.4, 0.5) is 5.69 Å². The summed E-state index contributed by atoms with van der Waals surface area (Å²) in [6, 6.07) is 12.3. The average molecular weight is 354 g/mol. The van der Waals surface area contributed by atoms with E-state index in [-0.39, 0.29) is 30.0 Å². The standard InChI is InChI=1S/C20H22N2O4/c1-14(16-11-10-15-6-2-3-7-17(15)12-16)21-20(23)13-26-19-9-5-4-8-18(19)22(24)25/h4-5,8-12,14H,2-3,6-7,13H2,1H3,(H,21,23). The number of carbonyl (C=O) groups excluding carboxylic acids is 1. The summed E-state index contributed by atoms with van der Waals surface area (Å²) in [4.78, 5) is 22.6. The van der Waals surface area contributed by atoms with Gasteiger partial charge < -0.3 is 10.1 Å². The molecule has 0 aromatic heterocycles. The topological polar surface area (TPSA) is 81.5 Å². The smallest absolute Gasteiger partial charge is 0.310 e. The van der Waals surface area contributed by atoms with Crippen LogP contribution in [-0.4, -0.2) is 17.4 Å². The van der Waals surface area contributed by atoms with E-state index in [0.29, 0.717) is 0 Å². The zero-order chi connectivity index (χ0) is 18.5. The van der Waals surface area contributed by atoms with Gasteiger partial charge in [-0.25, -0.2) is 0 Å². The molecule has 0 fully saturated rings. The molecular weight excluding hydrogens is 332 g/mol. The maximum Gasteiger partial charge on any atom is 0.310 e. The summed E-state index contributed by atoms with van der Waals surface area (Å²) in [5.41, 5.74) is 3.68. The quantitative estimate of drug-likeness (QED) is 0.633. The lowest BCUT2D eigenvalue weighted by Crippen LogP contribution is -2.31. The Kier molecular flexibility index (Phi) is 5.51. The number of fused-ring (bicyclic) bond motifs is 1. The highest BCUT2D eigenvalue weighted by atomic mass is 16.6. The number of benzene rings is 2. The minimum atomic E-state index is -0.525. The fraction of sp³-hybridized carbons (Fsp3) is 0.350. The lowest BCUT2D eigenvalue weighted by atomic mass is 9.89. The fourth-order valence-electron chi connectivity index (χ4n) is 3.26. The third kappa shape index (κ3) is 4.20. The maximum absolute atomic E-state index is 12.2. The summed E-state index contributed by atoms with van der Waals surface area (Å²) in [7, 11) is 0. The number of para-hydroxylation sites is 2. The van der Waals surface area contributed by atoms with Gasteiger partial charge in [0, 0.05) is 6.07 Å². The lowest BCUT2D eigenvalue weighted by Gasteiger charge is -2.20. The van der Waals surface area contributed by atoms with Gasteiger partial charge in [-0.15, -0.1) is 0 Å². The highest BCUT2D eigenvalue weighted by Gasteiger charge is 2.17. The first-order valence-electron chi connectivity index (χ1n) is 8.82. The number of nitro benzene ring substituents is 1. The minimum absolute atomic E-state index is 0.0917. The van der Waals surface area contributed by atoms with Crippen molar-refractivity contribution in [1.29, 1.82) is 0 Å². The van der Waals surface area contributed by atoms with E-state index >= 15 is 0 Å². The number of hydrogen-bond acceptors (Lipinski definition) is 4. The maximum atomic E-state index is 12.2. The van der Waals surface area contributed by atoms with Crippen LogP contribution in [0.2, 0.25) is 0 Å². The molecule has 1 N–H and O–H groups in total. The molecule has 1 amide bonds. The summed E-state index contributed by atoms with van der Waals surface area (Å²) in [6.07, 6.45) is 4.66. The van der Waals surface area contributed by atoms with Crippen LogP contribution in [0.25, 0.3) is 0 Å². The third-order valence-electron chi connectivity index (χ3n) is 4.67. The molecule has 0 radical (unpaired) electrons. The van der Waals surface area contributed by atoms with Crippen molar-refractivity contribution in [2.75, 3.05) is 6.61 Å². The Hall–Kier alpha value is -2.89. The fourth-order valence-corrected chi connectivity index (χ4v) is 3.26. The molecule has 2 aromatic carbocycles. The number of amides is 1. The molecular formula is C20H22N2O4. The zero-order valence-electron chi connectivity index (χ0n) is 14.7. The Morgan fingerprint density at radius 3 is 2.69 bits per heavy atom. The first-order chi connectivity index (χ1) is 12.5. The summed E-state index contributed by atoms with van der Waals surface area (Å²) in [6.45, 7) is 1.66. The van der Waals surface area contributed by atoms with Crippen molar-refractivity contribution in [3.8, 4) is 5.75 Å². The van der Waals surface area contributed by atoms with Gasteiger partial charge in [0.1, 0.15) is 0 Å². The van der Waals surface area contributed by atoms with E-state index in [0.717, 1.165) is 18.4 Å². The summed E-state index contributed by atoms with van der Waals surface area (Å²) in [5.74, 6) is -0.220. The molecule has 0 saturated heterocycles. The predicted octanol–water partition coefficient (Wildman–Crippen LogP) is 3.73. The Labute approximate surface area is 152 Å². The number of nitrogens with one attached hydrogen (secondary N) is 1. The Bertz CT molecular complexity index is 819. The molecule has 0 saturated carbocycles. The summed E-state index contributed by atoms with van der Waals surface area (Å²) >= 11 is 0. The van der Waals surface area contributed by atoms with Gasteiger partial charge in [-0.3, -0.25) is 14.9 Å². The second kappa shape index (κ2) is 7.99. The first-order valence-corrected chi connectivity index (χ1v) is 8.82. The van der Waals surface area contributed by atoms with Gasteiger partial charge in [-0.1, -0.05) is 30.3 Å². The van der Waals surface area contributed by atoms with E-state index < -0.39 is 4.92 Å². The van der Waals surface area contributed by atoms with E-state index in [9.17, 15) is 14.9 Å². The van der Waals surface area contributed by atoms with E-state index in [4.69, 9.17) is 4.74 Å². The van der Waals surface area contributed by atoms with Gasteiger partial charge in [0.25, 0.3) is 5.91 Å². The van der Waals surface area contributed by atoms with Crippen molar-refractivity contribution in [1.82, 2.24) is 5.32 Å². The number of nitrogens with zero attached hydrogens (tertiary/aromatic N) is 1. The number of hydrogen-bond donors (Lipinski definition) is 1. The van der Waals surface area contributed by atoms with Gasteiger partial charge in [-0.2, -0.15) is 0 Å². The molecule has 1 unspecified atom stereocenters. The molecule has 26 heavy (non-hydrogen) atoms. The predicted molar refractivity (Wildman–Crippen MR) is 98.2 cm³/mol. The molecule has 0 heterocycles. The lowest BCUT2D eigenvalue weighted by molar-refractivity contribution is -0.385. The number of nitro groups is 1. The molecule has 0 aliphatic heterocycles. The summed E-state index contributed by atoms with van der Waals surface area (Å²) < 4.78 is 5.33. The van der Waals surface area contributed by atoms with Crippen LogP contribution in [0.3, 0.4) is 0 Å². The third-order valence-corrected chi connectivity index (χ3v) is 4.67. The number of carbonyl (C=O) groups is 1. The molecule has 0 bridgehead atoms. The van der Waals surface area contributed by atoms with Crippen molar-refractivity contribution in [3.05, 3.63) is 69.3 Å². The number of ether oxygens (including phenoxy) is 1. The van der Waals surface area contributed by atoms with Crippen molar-refractivity contribution < 1.29 is 14.5 Å². The van der Waals surface area contributed by atoms with Gasteiger partial charge in [0.15, 0.2) is 12.4 Å². The van der Waals surface area contributed by atoms with Crippen LogP contribution in [0.1, 0.15) is 42.5 Å². The van der Waals surface area contributed by atoms with Crippen molar-refractivity contribution >= 4 is 11.6 Å². The monoisotopic (exact) mass is 354 g/mol. The molecule has 2 aromatic rings. The normalized spacial score (nSPS) is 14.2. The largest absolute Gasteiger partial charge is 0.477 e. The van der Waals surface area contributed by atoms with Crippen LogP contribution in [0.5, 0.6) is 5.75 Å². The Morgan fingerprint density at radius 2 is 1.92 bits per heavy atom. The Morgan fingerprint density at radius 1 is 1.19 bits per heavy atom. The van der Waals surface area contributed by atoms with E-state index in [1.165, 1.54) is 36.1 Å². The van der Waals surface area contributed by atoms with Crippen molar-refractivity contribution in [2.24, 2.45) is 0 Å². The van der Waals surface area contributed by atoms with E-state index in [1.54, 1.807) is 12.1 Å². The molecule has 0 spiro atoms.